The average molecular weight is 425 g/mol. The quantitative estimate of drug-likeness (QED) is 0.488. The van der Waals surface area contributed by atoms with Gasteiger partial charge in [-0.15, -0.1) is 0 Å². The molecular formula is C24H34N5O2+. The minimum absolute atomic E-state index is 0.189. The molecule has 1 aromatic carbocycles. The number of benzene rings is 1. The third kappa shape index (κ3) is 3.70. The van der Waals surface area contributed by atoms with Crippen LogP contribution in [0.2, 0.25) is 0 Å². The van der Waals surface area contributed by atoms with Gasteiger partial charge in [0, 0.05) is 19.5 Å². The molecule has 7 nitrogen and oxygen atoms in total. The topological polar surface area (TPSA) is 66.9 Å². The van der Waals surface area contributed by atoms with E-state index >= 15 is 0 Å². The van der Waals surface area contributed by atoms with Crippen LogP contribution in [0, 0.1) is 19.8 Å². The summed E-state index contributed by atoms with van der Waals surface area (Å²) in [5.74, 6) is 1.24. The van der Waals surface area contributed by atoms with Crippen LogP contribution in [0.15, 0.2) is 27.8 Å². The molecule has 1 aliphatic rings. The van der Waals surface area contributed by atoms with Gasteiger partial charge in [0.05, 0.1) is 13.1 Å². The molecule has 0 aliphatic carbocycles. The summed E-state index contributed by atoms with van der Waals surface area (Å²) in [7, 11) is 1.75. The van der Waals surface area contributed by atoms with E-state index in [4.69, 9.17) is 0 Å². The van der Waals surface area contributed by atoms with Crippen molar-refractivity contribution in [1.82, 2.24) is 14.1 Å². The van der Waals surface area contributed by atoms with Gasteiger partial charge < -0.3 is 0 Å². The van der Waals surface area contributed by atoms with Gasteiger partial charge in [-0.05, 0) is 43.5 Å². The number of rotatable bonds is 6. The Kier molecular flexibility index (Phi) is 5.77. The second-order valence-corrected chi connectivity index (χ2v) is 9.10. The molecule has 0 amide bonds. The molecule has 4 rings (SSSR count). The fourth-order valence-electron chi connectivity index (χ4n) is 4.59. The highest BCUT2D eigenvalue weighted by Crippen LogP contribution is 2.29. The van der Waals surface area contributed by atoms with Crippen molar-refractivity contribution in [1.29, 1.82) is 0 Å². The highest BCUT2D eigenvalue weighted by molar-refractivity contribution is 5.70. The number of aromatic amines is 1. The van der Waals surface area contributed by atoms with E-state index in [2.05, 4.69) is 60.3 Å². The first-order valence-corrected chi connectivity index (χ1v) is 11.4. The summed E-state index contributed by atoms with van der Waals surface area (Å²) in [6.45, 7) is 10.7. The van der Waals surface area contributed by atoms with Crippen LogP contribution in [0.1, 0.15) is 50.7 Å². The largest absolute Gasteiger partial charge is 0.364 e. The summed E-state index contributed by atoms with van der Waals surface area (Å²) in [5.41, 5.74) is 4.34. The fraction of sp³-hybridized carbons (Fsp3) is 0.542. The van der Waals surface area contributed by atoms with E-state index < -0.39 is 0 Å². The SMILES string of the molecule is CCCCCCn1c(=O)c2c([nH]c3[n+]2C[C@H](C)CN3c2ccc(C)c(C)c2)n(C)c1=O. The second-order valence-electron chi connectivity index (χ2n) is 9.10. The molecule has 3 heterocycles. The lowest BCUT2D eigenvalue weighted by Crippen LogP contribution is -2.52. The smallest absolute Gasteiger partial charge is 0.267 e. The number of H-pyrrole nitrogens is 1. The van der Waals surface area contributed by atoms with Crippen LogP contribution in [0.3, 0.4) is 0 Å². The van der Waals surface area contributed by atoms with Crippen molar-refractivity contribution in [2.75, 3.05) is 11.4 Å². The Balaban J connectivity index is 1.87. The maximum atomic E-state index is 13.4. The van der Waals surface area contributed by atoms with Crippen molar-refractivity contribution < 1.29 is 4.57 Å². The third-order valence-corrected chi connectivity index (χ3v) is 6.56. The van der Waals surface area contributed by atoms with Gasteiger partial charge in [-0.25, -0.2) is 19.2 Å². The first-order chi connectivity index (χ1) is 14.8. The van der Waals surface area contributed by atoms with Crippen LogP contribution < -0.4 is 20.7 Å². The van der Waals surface area contributed by atoms with E-state index in [1.54, 1.807) is 11.6 Å². The van der Waals surface area contributed by atoms with Crippen molar-refractivity contribution in [3.63, 3.8) is 0 Å². The Morgan fingerprint density at radius 3 is 2.61 bits per heavy atom. The molecule has 1 atom stereocenters. The van der Waals surface area contributed by atoms with Crippen molar-refractivity contribution in [3.05, 3.63) is 50.2 Å². The number of fused-ring (bicyclic) bond motifs is 3. The summed E-state index contributed by atoms with van der Waals surface area (Å²) >= 11 is 0. The van der Waals surface area contributed by atoms with Crippen LogP contribution >= 0.6 is 0 Å². The van der Waals surface area contributed by atoms with Gasteiger partial charge in [-0.1, -0.05) is 39.2 Å². The van der Waals surface area contributed by atoms with Gasteiger partial charge in [0.15, 0.2) is 0 Å². The monoisotopic (exact) mass is 424 g/mol. The van der Waals surface area contributed by atoms with E-state index in [9.17, 15) is 9.59 Å². The van der Waals surface area contributed by atoms with Gasteiger partial charge in [0.25, 0.3) is 5.56 Å². The molecule has 0 spiro atoms. The molecule has 0 radical (unpaired) electrons. The summed E-state index contributed by atoms with van der Waals surface area (Å²) in [6.07, 6.45) is 4.12. The van der Waals surface area contributed by atoms with Crippen molar-refractivity contribution in [2.45, 2.75) is 66.5 Å². The zero-order chi connectivity index (χ0) is 22.3. The van der Waals surface area contributed by atoms with E-state index in [0.717, 1.165) is 50.4 Å². The molecule has 0 saturated heterocycles. The molecule has 1 N–H and O–H groups in total. The Bertz CT molecular complexity index is 1230. The minimum Gasteiger partial charge on any atom is -0.267 e. The normalized spacial score (nSPS) is 16.2. The molecule has 1 aliphatic heterocycles. The molecule has 7 heteroatoms. The van der Waals surface area contributed by atoms with Crippen LogP contribution in [-0.4, -0.2) is 20.7 Å². The number of aryl methyl sites for hydroxylation is 3. The zero-order valence-electron chi connectivity index (χ0n) is 19.4. The maximum absolute atomic E-state index is 13.4. The van der Waals surface area contributed by atoms with Crippen LogP contribution in [0.4, 0.5) is 11.6 Å². The van der Waals surface area contributed by atoms with Gasteiger partial charge >= 0.3 is 11.6 Å². The Morgan fingerprint density at radius 1 is 1.13 bits per heavy atom. The first kappa shape index (κ1) is 21.4. The summed E-state index contributed by atoms with van der Waals surface area (Å²) in [5, 5.41) is 0. The lowest BCUT2D eigenvalue weighted by atomic mass is 10.1. The van der Waals surface area contributed by atoms with E-state index in [-0.39, 0.29) is 11.2 Å². The molecule has 0 fully saturated rings. The number of aromatic nitrogens is 4. The Labute approximate surface area is 182 Å². The number of nitrogens with zero attached hydrogens (tertiary/aromatic N) is 4. The van der Waals surface area contributed by atoms with Crippen LogP contribution in [0.5, 0.6) is 0 Å². The molecule has 31 heavy (non-hydrogen) atoms. The number of nitrogens with one attached hydrogen (secondary N) is 1. The van der Waals surface area contributed by atoms with E-state index in [1.165, 1.54) is 15.7 Å². The molecule has 0 saturated carbocycles. The molecule has 166 valence electrons. The first-order valence-electron chi connectivity index (χ1n) is 11.4. The highest BCUT2D eigenvalue weighted by atomic mass is 16.2. The Hall–Kier alpha value is -2.83. The number of hydrogen-bond donors (Lipinski definition) is 1. The number of anilines is 2. The number of hydrogen-bond acceptors (Lipinski definition) is 3. The second kappa shape index (κ2) is 8.36. The maximum Gasteiger partial charge on any atom is 0.364 e. The summed E-state index contributed by atoms with van der Waals surface area (Å²) < 4.78 is 5.08. The van der Waals surface area contributed by atoms with E-state index in [0.29, 0.717) is 23.6 Å². The molecular weight excluding hydrogens is 390 g/mol. The van der Waals surface area contributed by atoms with E-state index in [1.807, 2.05) is 0 Å². The van der Waals surface area contributed by atoms with Crippen molar-refractivity contribution >= 4 is 22.8 Å². The van der Waals surface area contributed by atoms with Crippen molar-refractivity contribution in [3.8, 4) is 0 Å². The average Bonchev–Trinajstić information content (AvgIpc) is 3.12. The molecule has 0 unspecified atom stereocenters. The standard InChI is InChI=1S/C24H33N5O2/c1-6-7-8-9-12-27-22(30)20-21(26(5)24(27)31)25-23-28(14-16(2)15-29(20)23)19-11-10-17(3)18(4)13-19/h10-11,13,16H,6-9,12,14-15H2,1-5H3/p+1/t16-/m1/s1. The molecule has 0 bridgehead atoms. The van der Waals surface area contributed by atoms with Crippen molar-refractivity contribution in [2.24, 2.45) is 13.0 Å². The zero-order valence-corrected chi connectivity index (χ0v) is 19.4. The van der Waals surface area contributed by atoms with Crippen LogP contribution in [0.25, 0.3) is 11.2 Å². The fourth-order valence-corrected chi connectivity index (χ4v) is 4.59. The summed E-state index contributed by atoms with van der Waals surface area (Å²) in [6, 6.07) is 6.45. The molecule has 2 aromatic heterocycles. The van der Waals surface area contributed by atoms with Gasteiger partial charge in [0.2, 0.25) is 11.2 Å². The predicted octanol–water partition coefficient (Wildman–Crippen LogP) is 3.30. The van der Waals surface area contributed by atoms with Gasteiger partial charge in [-0.3, -0.25) is 13.9 Å². The molecule has 3 aromatic rings. The lowest BCUT2D eigenvalue weighted by molar-refractivity contribution is -0.669. The lowest BCUT2D eigenvalue weighted by Gasteiger charge is -2.26. The van der Waals surface area contributed by atoms with Gasteiger partial charge in [-0.2, -0.15) is 0 Å². The van der Waals surface area contributed by atoms with Crippen LogP contribution in [-0.2, 0) is 20.1 Å². The number of imidazole rings is 1. The Morgan fingerprint density at radius 2 is 1.90 bits per heavy atom. The highest BCUT2D eigenvalue weighted by Gasteiger charge is 2.36. The predicted molar refractivity (Wildman–Crippen MR) is 124 cm³/mol. The third-order valence-electron chi connectivity index (χ3n) is 6.56. The minimum atomic E-state index is -0.251. The number of unbranched alkanes of at least 4 members (excludes halogenated alkanes) is 3. The summed E-state index contributed by atoms with van der Waals surface area (Å²) in [4.78, 5) is 32.0. The van der Waals surface area contributed by atoms with Gasteiger partial charge in [0.1, 0.15) is 5.69 Å².